The molecule has 2 aromatic carbocycles. The number of nitrogens with one attached hydrogen (secondary N) is 1. The van der Waals surface area contributed by atoms with Gasteiger partial charge in [-0.2, -0.15) is 5.10 Å². The molecule has 1 aromatic heterocycles. The fourth-order valence-electron chi connectivity index (χ4n) is 2.47. The molecule has 3 aromatic rings. The van der Waals surface area contributed by atoms with Crippen LogP contribution in [0, 0.1) is 10.1 Å². The molecule has 1 N–H and O–H groups in total. The van der Waals surface area contributed by atoms with Gasteiger partial charge in [0.1, 0.15) is 17.3 Å². The van der Waals surface area contributed by atoms with Gasteiger partial charge in [0.05, 0.1) is 17.7 Å². The van der Waals surface area contributed by atoms with Crippen LogP contribution in [0.1, 0.15) is 29.5 Å². The average Bonchev–Trinajstić information content (AvgIpc) is 3.21. The zero-order valence-electron chi connectivity index (χ0n) is 15.7. The summed E-state index contributed by atoms with van der Waals surface area (Å²) in [6.45, 7) is 2.65. The molecule has 0 spiro atoms. The lowest BCUT2D eigenvalue weighted by molar-refractivity contribution is -0.384. The predicted molar refractivity (Wildman–Crippen MR) is 108 cm³/mol. The van der Waals surface area contributed by atoms with Crippen molar-refractivity contribution < 1.29 is 18.9 Å². The van der Waals surface area contributed by atoms with Crippen LogP contribution >= 0.6 is 0 Å². The van der Waals surface area contributed by atoms with Crippen molar-refractivity contribution in [1.29, 1.82) is 0 Å². The molecule has 0 aliphatic rings. The van der Waals surface area contributed by atoms with Gasteiger partial charge < -0.3 is 9.15 Å². The van der Waals surface area contributed by atoms with Gasteiger partial charge in [-0.1, -0.05) is 6.92 Å². The van der Waals surface area contributed by atoms with Gasteiger partial charge in [-0.25, -0.2) is 5.43 Å². The van der Waals surface area contributed by atoms with Gasteiger partial charge in [0.2, 0.25) is 0 Å². The first-order chi connectivity index (χ1) is 14.1. The number of hydrogen-bond acceptors (Lipinski definition) is 6. The van der Waals surface area contributed by atoms with Crippen LogP contribution < -0.4 is 10.2 Å². The molecule has 0 aliphatic carbocycles. The zero-order chi connectivity index (χ0) is 20.6. The van der Waals surface area contributed by atoms with Crippen LogP contribution in [-0.2, 0) is 0 Å². The number of carbonyl (C=O) groups is 1. The van der Waals surface area contributed by atoms with Crippen molar-refractivity contribution in [2.75, 3.05) is 6.61 Å². The van der Waals surface area contributed by atoms with Crippen molar-refractivity contribution in [3.63, 3.8) is 0 Å². The van der Waals surface area contributed by atoms with Crippen LogP contribution in [0.5, 0.6) is 5.75 Å². The van der Waals surface area contributed by atoms with Gasteiger partial charge in [0, 0.05) is 23.3 Å². The molecular weight excluding hydrogens is 374 g/mol. The molecule has 0 atom stereocenters. The molecule has 0 saturated heterocycles. The molecule has 8 nitrogen and oxygen atoms in total. The monoisotopic (exact) mass is 393 g/mol. The lowest BCUT2D eigenvalue weighted by Gasteiger charge is -2.05. The van der Waals surface area contributed by atoms with Crippen LogP contribution in [0.2, 0.25) is 0 Å². The summed E-state index contributed by atoms with van der Waals surface area (Å²) in [5, 5.41) is 14.6. The molecule has 8 heteroatoms. The highest BCUT2D eigenvalue weighted by Crippen LogP contribution is 2.24. The van der Waals surface area contributed by atoms with Crippen molar-refractivity contribution in [3.05, 3.63) is 82.1 Å². The minimum Gasteiger partial charge on any atom is -0.494 e. The Morgan fingerprint density at radius 1 is 1.14 bits per heavy atom. The second kappa shape index (κ2) is 9.32. The Kier molecular flexibility index (Phi) is 6.36. The third kappa shape index (κ3) is 5.29. The number of furan rings is 1. The summed E-state index contributed by atoms with van der Waals surface area (Å²) in [7, 11) is 0. The predicted octanol–water partition coefficient (Wildman–Crippen LogP) is 4.41. The number of hydrogen-bond donors (Lipinski definition) is 1. The van der Waals surface area contributed by atoms with E-state index in [9.17, 15) is 14.9 Å². The van der Waals surface area contributed by atoms with Gasteiger partial charge >= 0.3 is 0 Å². The third-order valence-electron chi connectivity index (χ3n) is 3.94. The topological polar surface area (TPSA) is 107 Å². The first-order valence-corrected chi connectivity index (χ1v) is 8.97. The maximum Gasteiger partial charge on any atom is 0.271 e. The van der Waals surface area contributed by atoms with Gasteiger partial charge in [-0.3, -0.25) is 14.9 Å². The van der Waals surface area contributed by atoms with Crippen molar-refractivity contribution in [3.8, 4) is 17.1 Å². The number of amides is 1. The van der Waals surface area contributed by atoms with E-state index < -0.39 is 4.92 Å². The minimum atomic E-state index is -0.460. The Morgan fingerprint density at radius 3 is 2.52 bits per heavy atom. The number of rotatable bonds is 8. The molecule has 0 bridgehead atoms. The number of non-ortho nitro benzene ring substituents is 1. The van der Waals surface area contributed by atoms with Crippen LogP contribution in [0.4, 0.5) is 5.69 Å². The molecule has 1 amide bonds. The van der Waals surface area contributed by atoms with E-state index in [1.165, 1.54) is 18.3 Å². The summed E-state index contributed by atoms with van der Waals surface area (Å²) < 4.78 is 11.1. The second-order valence-corrected chi connectivity index (χ2v) is 6.08. The Balaban J connectivity index is 1.58. The maximum atomic E-state index is 12.1. The fourth-order valence-corrected chi connectivity index (χ4v) is 2.47. The average molecular weight is 393 g/mol. The highest BCUT2D eigenvalue weighted by atomic mass is 16.6. The summed E-state index contributed by atoms with van der Waals surface area (Å²) in [6.07, 6.45) is 2.29. The van der Waals surface area contributed by atoms with Crippen LogP contribution in [0.15, 0.2) is 70.2 Å². The van der Waals surface area contributed by atoms with E-state index in [1.54, 1.807) is 48.5 Å². The van der Waals surface area contributed by atoms with Crippen LogP contribution in [0.25, 0.3) is 11.3 Å². The number of nitro groups is 1. The molecule has 0 aliphatic heterocycles. The Bertz CT molecular complexity index is 1010. The first-order valence-electron chi connectivity index (χ1n) is 8.97. The largest absolute Gasteiger partial charge is 0.494 e. The lowest BCUT2D eigenvalue weighted by Crippen LogP contribution is -2.17. The standard InChI is InChI=1S/C21H19N3O5/c1-2-13-28-18-9-5-16(6-10-18)21(25)23-22-14-19-11-12-20(29-19)15-3-7-17(8-4-15)24(26)27/h3-12,14H,2,13H2,1H3,(H,23,25)/b22-14-. The lowest BCUT2D eigenvalue weighted by atomic mass is 10.1. The second-order valence-electron chi connectivity index (χ2n) is 6.08. The van der Waals surface area contributed by atoms with Crippen LogP contribution in [0.3, 0.4) is 0 Å². The van der Waals surface area contributed by atoms with Crippen LogP contribution in [-0.4, -0.2) is 23.7 Å². The van der Waals surface area contributed by atoms with E-state index in [4.69, 9.17) is 9.15 Å². The zero-order valence-corrected chi connectivity index (χ0v) is 15.7. The van der Waals surface area contributed by atoms with Gasteiger partial charge in [-0.05, 0) is 55.0 Å². The molecular formula is C21H19N3O5. The van der Waals surface area contributed by atoms with Crippen molar-refractivity contribution in [2.24, 2.45) is 5.10 Å². The number of nitro benzene ring substituents is 1. The molecule has 0 radical (unpaired) electrons. The first kappa shape index (κ1) is 19.8. The Hall–Kier alpha value is -3.94. The molecule has 0 unspecified atom stereocenters. The summed E-state index contributed by atoms with van der Waals surface area (Å²) in [5.41, 5.74) is 3.60. The summed E-state index contributed by atoms with van der Waals surface area (Å²) in [6, 6.07) is 16.2. The van der Waals surface area contributed by atoms with E-state index >= 15 is 0 Å². The van der Waals surface area contributed by atoms with E-state index in [0.717, 1.165) is 6.42 Å². The van der Waals surface area contributed by atoms with Crippen molar-refractivity contribution in [1.82, 2.24) is 5.43 Å². The Morgan fingerprint density at radius 2 is 1.86 bits per heavy atom. The quantitative estimate of drug-likeness (QED) is 0.347. The summed E-state index contributed by atoms with van der Waals surface area (Å²) >= 11 is 0. The molecule has 0 saturated carbocycles. The maximum absolute atomic E-state index is 12.1. The smallest absolute Gasteiger partial charge is 0.271 e. The van der Waals surface area contributed by atoms with Crippen molar-refractivity contribution in [2.45, 2.75) is 13.3 Å². The number of carbonyl (C=O) groups excluding carboxylic acids is 1. The van der Waals surface area contributed by atoms with Gasteiger partial charge in [-0.15, -0.1) is 0 Å². The number of hydrazone groups is 1. The number of benzene rings is 2. The van der Waals surface area contributed by atoms with Gasteiger partial charge in [0.15, 0.2) is 0 Å². The van der Waals surface area contributed by atoms with E-state index in [2.05, 4.69) is 10.5 Å². The number of nitrogens with zero attached hydrogens (tertiary/aromatic N) is 2. The highest BCUT2D eigenvalue weighted by molar-refractivity contribution is 5.94. The molecule has 148 valence electrons. The minimum absolute atomic E-state index is 0.00904. The normalized spacial score (nSPS) is 10.8. The highest BCUT2D eigenvalue weighted by Gasteiger charge is 2.08. The SMILES string of the molecule is CCCOc1ccc(C(=O)N/N=C\c2ccc(-c3ccc([N+](=O)[O-])cc3)o2)cc1. The fraction of sp³-hybridized carbons (Fsp3) is 0.143. The summed E-state index contributed by atoms with van der Waals surface area (Å²) in [5.74, 6) is 1.32. The summed E-state index contributed by atoms with van der Waals surface area (Å²) in [4.78, 5) is 22.4. The van der Waals surface area contributed by atoms with Gasteiger partial charge in [0.25, 0.3) is 11.6 Å². The molecule has 0 fully saturated rings. The molecule has 29 heavy (non-hydrogen) atoms. The third-order valence-corrected chi connectivity index (χ3v) is 3.94. The van der Waals surface area contributed by atoms with E-state index in [-0.39, 0.29) is 11.6 Å². The van der Waals surface area contributed by atoms with E-state index in [1.807, 2.05) is 6.92 Å². The van der Waals surface area contributed by atoms with E-state index in [0.29, 0.717) is 35.0 Å². The molecule has 3 rings (SSSR count). The van der Waals surface area contributed by atoms with Crippen molar-refractivity contribution >= 4 is 17.8 Å². The number of ether oxygens (including phenoxy) is 1. The molecule has 1 heterocycles. The Labute approximate surface area is 167 Å².